The fraction of sp³-hybridized carbons (Fsp3) is 0.333. The molecule has 32 heavy (non-hydrogen) atoms. The zero-order chi connectivity index (χ0) is 22.1. The molecular formula is C24H31IN4O2S. The monoisotopic (exact) mass is 566 g/mol. The molecule has 1 unspecified atom stereocenters. The van der Waals surface area contributed by atoms with Crippen LogP contribution in [0.25, 0.3) is 0 Å². The summed E-state index contributed by atoms with van der Waals surface area (Å²) in [7, 11) is 5.49. The van der Waals surface area contributed by atoms with Crippen LogP contribution < -0.4 is 10.1 Å². The number of ether oxygens (including phenoxy) is 2. The number of nitrogens with zero attached hydrogens (tertiary/aromatic N) is 3. The van der Waals surface area contributed by atoms with E-state index in [1.807, 2.05) is 50.4 Å². The van der Waals surface area contributed by atoms with Crippen molar-refractivity contribution in [3.63, 3.8) is 0 Å². The average molecular weight is 567 g/mol. The van der Waals surface area contributed by atoms with Crippen LogP contribution in [0.3, 0.4) is 0 Å². The van der Waals surface area contributed by atoms with E-state index in [-0.39, 0.29) is 30.1 Å². The van der Waals surface area contributed by atoms with Crippen LogP contribution in [0.15, 0.2) is 65.0 Å². The van der Waals surface area contributed by atoms with E-state index in [1.54, 1.807) is 25.5 Å². The molecule has 0 bridgehead atoms. The van der Waals surface area contributed by atoms with Gasteiger partial charge >= 0.3 is 0 Å². The van der Waals surface area contributed by atoms with E-state index < -0.39 is 0 Å². The summed E-state index contributed by atoms with van der Waals surface area (Å²) in [5.41, 5.74) is 3.23. The van der Waals surface area contributed by atoms with Crippen molar-refractivity contribution in [2.24, 2.45) is 4.99 Å². The molecule has 0 radical (unpaired) electrons. The summed E-state index contributed by atoms with van der Waals surface area (Å²) >= 11 is 1.62. The number of thiazole rings is 1. The van der Waals surface area contributed by atoms with Crippen LogP contribution in [0.2, 0.25) is 0 Å². The molecule has 172 valence electrons. The van der Waals surface area contributed by atoms with Crippen molar-refractivity contribution in [3.8, 4) is 5.75 Å². The van der Waals surface area contributed by atoms with Gasteiger partial charge in [-0.1, -0.05) is 48.5 Å². The molecule has 6 nitrogen and oxygen atoms in total. The molecule has 0 spiro atoms. The van der Waals surface area contributed by atoms with Gasteiger partial charge in [-0.15, -0.1) is 35.3 Å². The van der Waals surface area contributed by atoms with Gasteiger partial charge in [-0.25, -0.2) is 4.98 Å². The van der Waals surface area contributed by atoms with Crippen LogP contribution in [-0.2, 0) is 24.4 Å². The Morgan fingerprint density at radius 2 is 1.88 bits per heavy atom. The number of methoxy groups -OCH3 is 1. The van der Waals surface area contributed by atoms with E-state index in [9.17, 15) is 0 Å². The Morgan fingerprint density at radius 1 is 1.16 bits per heavy atom. The quantitative estimate of drug-likeness (QED) is 0.218. The second-order valence-electron chi connectivity index (χ2n) is 7.19. The number of halogens is 1. The van der Waals surface area contributed by atoms with Crippen molar-refractivity contribution in [1.29, 1.82) is 0 Å². The molecule has 1 N–H and O–H groups in total. The highest BCUT2D eigenvalue weighted by Crippen LogP contribution is 2.21. The summed E-state index contributed by atoms with van der Waals surface area (Å²) < 4.78 is 11.4. The van der Waals surface area contributed by atoms with Gasteiger partial charge in [0.15, 0.2) is 5.96 Å². The largest absolute Gasteiger partial charge is 0.489 e. The lowest BCUT2D eigenvalue weighted by atomic mass is 10.2. The number of para-hydroxylation sites is 1. The summed E-state index contributed by atoms with van der Waals surface area (Å²) in [4.78, 5) is 11.2. The molecule has 3 aromatic rings. The molecule has 0 aliphatic heterocycles. The van der Waals surface area contributed by atoms with E-state index in [2.05, 4.69) is 43.8 Å². The van der Waals surface area contributed by atoms with Gasteiger partial charge in [-0.2, -0.15) is 0 Å². The highest BCUT2D eigenvalue weighted by Gasteiger charge is 2.13. The maximum Gasteiger partial charge on any atom is 0.194 e. The summed E-state index contributed by atoms with van der Waals surface area (Å²) in [6.45, 7) is 3.83. The number of hydrogen-bond donors (Lipinski definition) is 1. The Kier molecular flexibility index (Phi) is 10.9. The highest BCUT2D eigenvalue weighted by molar-refractivity contribution is 14.0. The first-order valence-corrected chi connectivity index (χ1v) is 11.1. The maximum atomic E-state index is 6.07. The van der Waals surface area contributed by atoms with Crippen LogP contribution >= 0.6 is 35.3 Å². The van der Waals surface area contributed by atoms with Crippen LogP contribution in [0.1, 0.15) is 34.9 Å². The minimum atomic E-state index is 0. The molecule has 0 saturated carbocycles. The van der Waals surface area contributed by atoms with Crippen molar-refractivity contribution in [2.45, 2.75) is 32.7 Å². The van der Waals surface area contributed by atoms with Crippen molar-refractivity contribution in [2.75, 3.05) is 21.2 Å². The van der Waals surface area contributed by atoms with E-state index in [0.717, 1.165) is 33.5 Å². The first-order chi connectivity index (χ1) is 15.1. The molecule has 1 aromatic heterocycles. The number of rotatable bonds is 9. The third kappa shape index (κ3) is 7.46. The fourth-order valence-electron chi connectivity index (χ4n) is 3.09. The van der Waals surface area contributed by atoms with E-state index in [0.29, 0.717) is 19.7 Å². The van der Waals surface area contributed by atoms with Gasteiger partial charge in [-0.05, 0) is 18.6 Å². The molecule has 0 fully saturated rings. The van der Waals surface area contributed by atoms with Crippen LogP contribution in [0.5, 0.6) is 5.75 Å². The normalized spacial score (nSPS) is 12.1. The molecule has 1 heterocycles. The minimum Gasteiger partial charge on any atom is -0.489 e. The van der Waals surface area contributed by atoms with Gasteiger partial charge in [0, 0.05) is 38.7 Å². The predicted octanol–water partition coefficient (Wildman–Crippen LogP) is 5.25. The lowest BCUT2D eigenvalue weighted by molar-refractivity contribution is 0.119. The van der Waals surface area contributed by atoms with Crippen LogP contribution in [0.4, 0.5) is 0 Å². The fourth-order valence-corrected chi connectivity index (χ4v) is 3.93. The molecule has 0 aliphatic carbocycles. The topological polar surface area (TPSA) is 59.0 Å². The molecule has 0 saturated heterocycles. The van der Waals surface area contributed by atoms with Crippen molar-refractivity contribution >= 4 is 41.3 Å². The summed E-state index contributed by atoms with van der Waals surface area (Å²) in [6, 6.07) is 18.3. The lowest BCUT2D eigenvalue weighted by Crippen LogP contribution is -2.38. The van der Waals surface area contributed by atoms with Gasteiger partial charge in [0.25, 0.3) is 0 Å². The number of guanidine groups is 1. The predicted molar refractivity (Wildman–Crippen MR) is 142 cm³/mol. The first-order valence-electron chi connectivity index (χ1n) is 10.2. The van der Waals surface area contributed by atoms with Crippen molar-refractivity contribution < 1.29 is 9.47 Å². The van der Waals surface area contributed by atoms with E-state index >= 15 is 0 Å². The Balaban J connectivity index is 0.00000363. The third-order valence-corrected chi connectivity index (χ3v) is 5.94. The van der Waals surface area contributed by atoms with E-state index in [1.165, 1.54) is 0 Å². The molecule has 1 atom stereocenters. The third-order valence-electron chi connectivity index (χ3n) is 4.89. The second kappa shape index (κ2) is 13.4. The average Bonchev–Trinajstić information content (AvgIpc) is 3.27. The van der Waals surface area contributed by atoms with Gasteiger partial charge in [0.2, 0.25) is 0 Å². The zero-order valence-electron chi connectivity index (χ0n) is 18.9. The first kappa shape index (κ1) is 26.1. The molecule has 8 heteroatoms. The minimum absolute atomic E-state index is 0. The Labute approximate surface area is 211 Å². The number of nitrogens with one attached hydrogen (secondary N) is 1. The Hall–Kier alpha value is -2.17. The Bertz CT molecular complexity index is 981. The van der Waals surface area contributed by atoms with Crippen LogP contribution in [-0.4, -0.2) is 37.0 Å². The lowest BCUT2D eigenvalue weighted by Gasteiger charge is -2.22. The number of benzene rings is 2. The van der Waals surface area contributed by atoms with E-state index in [4.69, 9.17) is 9.47 Å². The van der Waals surface area contributed by atoms with Crippen LogP contribution in [0, 0.1) is 0 Å². The van der Waals surface area contributed by atoms with Gasteiger partial charge in [-0.3, -0.25) is 4.99 Å². The second-order valence-corrected chi connectivity index (χ2v) is 8.08. The molecule has 0 amide bonds. The summed E-state index contributed by atoms with van der Waals surface area (Å²) in [5, 5.41) is 6.49. The SMILES string of the molecule is CN=C(NCc1ccccc1OCc1ccccc1)N(C)Cc1csc(C(C)OC)n1.I. The van der Waals surface area contributed by atoms with Crippen molar-refractivity contribution in [3.05, 3.63) is 81.8 Å². The smallest absolute Gasteiger partial charge is 0.194 e. The number of aliphatic imine (C=N–C) groups is 1. The van der Waals surface area contributed by atoms with Crippen molar-refractivity contribution in [1.82, 2.24) is 15.2 Å². The Morgan fingerprint density at radius 3 is 2.59 bits per heavy atom. The zero-order valence-corrected chi connectivity index (χ0v) is 22.1. The number of hydrogen-bond acceptors (Lipinski definition) is 5. The standard InChI is InChI=1S/C24H30N4O2S.HI/c1-18(29-4)23-27-21(17-31-23)15-28(3)24(25-2)26-14-20-12-8-9-13-22(20)30-16-19-10-6-5-7-11-19;/h5-13,17-18H,14-16H2,1-4H3,(H,25,26);1H. The number of aromatic nitrogens is 1. The van der Waals surface area contributed by atoms with Gasteiger partial charge in [0.1, 0.15) is 23.5 Å². The van der Waals surface area contributed by atoms with Gasteiger partial charge in [0.05, 0.1) is 12.2 Å². The molecular weight excluding hydrogens is 535 g/mol. The summed E-state index contributed by atoms with van der Waals surface area (Å²) in [6.07, 6.45) is 0.00822. The highest BCUT2D eigenvalue weighted by atomic mass is 127. The maximum absolute atomic E-state index is 6.07. The molecule has 0 aliphatic rings. The van der Waals surface area contributed by atoms with Gasteiger partial charge < -0.3 is 19.7 Å². The molecule has 2 aromatic carbocycles. The molecule has 3 rings (SSSR count). The summed E-state index contributed by atoms with van der Waals surface area (Å²) in [5.74, 6) is 1.67.